The molecule has 1 aromatic heterocycles. The van der Waals surface area contributed by atoms with Crippen LogP contribution in [0.5, 0.6) is 0 Å². The number of rotatable bonds is 3. The number of anilines is 1. The number of carboxylic acids is 1. The zero-order valence-electron chi connectivity index (χ0n) is 9.78. The normalized spacial score (nSPS) is 24.2. The van der Waals surface area contributed by atoms with Crippen LogP contribution in [0.1, 0.15) is 31.5 Å². The van der Waals surface area contributed by atoms with Gasteiger partial charge in [-0.1, -0.05) is 12.8 Å². The van der Waals surface area contributed by atoms with Gasteiger partial charge in [-0.05, 0) is 12.8 Å². The highest BCUT2D eigenvalue weighted by molar-refractivity contribution is 7.09. The van der Waals surface area contributed by atoms with Crippen molar-refractivity contribution < 1.29 is 23.1 Å². The second-order valence-electron chi connectivity index (χ2n) is 4.40. The number of alkyl halides is 3. The molecule has 0 aliphatic heterocycles. The van der Waals surface area contributed by atoms with Crippen LogP contribution in [0.2, 0.25) is 0 Å². The molecule has 0 amide bonds. The van der Waals surface area contributed by atoms with E-state index in [0.29, 0.717) is 24.4 Å². The summed E-state index contributed by atoms with van der Waals surface area (Å²) in [5, 5.41) is 11.9. The van der Waals surface area contributed by atoms with Crippen LogP contribution in [0, 0.1) is 5.92 Å². The van der Waals surface area contributed by atoms with E-state index in [4.69, 9.17) is 5.11 Å². The van der Waals surface area contributed by atoms with Crippen LogP contribution >= 0.6 is 11.5 Å². The van der Waals surface area contributed by atoms with Crippen molar-refractivity contribution in [1.29, 1.82) is 0 Å². The first-order chi connectivity index (χ1) is 8.88. The number of carboxylic acid groups (broad SMARTS) is 1. The number of halogens is 3. The second-order valence-corrected chi connectivity index (χ2v) is 5.15. The van der Waals surface area contributed by atoms with E-state index in [1.165, 1.54) is 0 Å². The molecular formula is C10H12F3N3O2S. The highest BCUT2D eigenvalue weighted by Gasteiger charge is 2.37. The molecule has 1 aromatic rings. The Morgan fingerprint density at radius 2 is 2.05 bits per heavy atom. The fraction of sp³-hybridized carbons (Fsp3) is 0.700. The minimum atomic E-state index is -4.57. The average molecular weight is 295 g/mol. The molecule has 0 spiro atoms. The van der Waals surface area contributed by atoms with Crippen molar-refractivity contribution in [2.24, 2.45) is 5.92 Å². The van der Waals surface area contributed by atoms with Crippen molar-refractivity contribution in [1.82, 2.24) is 9.36 Å². The molecular weight excluding hydrogens is 283 g/mol. The van der Waals surface area contributed by atoms with Crippen molar-refractivity contribution in [2.75, 3.05) is 5.32 Å². The van der Waals surface area contributed by atoms with Crippen molar-refractivity contribution in [3.05, 3.63) is 5.82 Å². The smallest absolute Gasteiger partial charge is 0.452 e. The maximum absolute atomic E-state index is 12.3. The van der Waals surface area contributed by atoms with Gasteiger partial charge in [-0.2, -0.15) is 22.5 Å². The van der Waals surface area contributed by atoms with Gasteiger partial charge in [0.25, 0.3) is 0 Å². The molecule has 5 nitrogen and oxygen atoms in total. The Labute approximate surface area is 111 Å². The Morgan fingerprint density at radius 3 is 2.63 bits per heavy atom. The van der Waals surface area contributed by atoms with Crippen LogP contribution in [0.15, 0.2) is 0 Å². The van der Waals surface area contributed by atoms with Crippen LogP contribution in [0.4, 0.5) is 18.3 Å². The van der Waals surface area contributed by atoms with Crippen LogP contribution < -0.4 is 5.32 Å². The topological polar surface area (TPSA) is 75.1 Å². The van der Waals surface area contributed by atoms with E-state index in [0.717, 1.165) is 12.8 Å². The Balaban J connectivity index is 2.07. The lowest BCUT2D eigenvalue weighted by Crippen LogP contribution is -2.37. The quantitative estimate of drug-likeness (QED) is 0.896. The van der Waals surface area contributed by atoms with Gasteiger partial charge in [0.1, 0.15) is 0 Å². The lowest BCUT2D eigenvalue weighted by Gasteiger charge is -2.28. The van der Waals surface area contributed by atoms with E-state index in [1.807, 2.05) is 0 Å². The summed E-state index contributed by atoms with van der Waals surface area (Å²) in [6.07, 6.45) is -1.77. The summed E-state index contributed by atoms with van der Waals surface area (Å²) in [5.74, 6) is -2.72. The van der Waals surface area contributed by atoms with Gasteiger partial charge in [0.15, 0.2) is 0 Å². The van der Waals surface area contributed by atoms with Gasteiger partial charge in [-0.3, -0.25) is 4.79 Å². The van der Waals surface area contributed by atoms with Gasteiger partial charge < -0.3 is 10.4 Å². The minimum absolute atomic E-state index is 0.0190. The predicted octanol–water partition coefficient (Wildman–Crippen LogP) is 2.61. The van der Waals surface area contributed by atoms with E-state index in [-0.39, 0.29) is 11.2 Å². The van der Waals surface area contributed by atoms with E-state index >= 15 is 0 Å². The van der Waals surface area contributed by atoms with Gasteiger partial charge in [0.2, 0.25) is 11.0 Å². The first-order valence-corrected chi connectivity index (χ1v) is 6.55. The van der Waals surface area contributed by atoms with Gasteiger partial charge in [0.05, 0.1) is 5.92 Å². The van der Waals surface area contributed by atoms with Crippen molar-refractivity contribution in [3.63, 3.8) is 0 Å². The van der Waals surface area contributed by atoms with Gasteiger partial charge in [-0.25, -0.2) is 0 Å². The average Bonchev–Trinajstić information content (AvgIpc) is 2.77. The molecule has 2 rings (SSSR count). The predicted molar refractivity (Wildman–Crippen MR) is 61.9 cm³/mol. The van der Waals surface area contributed by atoms with E-state index in [9.17, 15) is 18.0 Å². The zero-order chi connectivity index (χ0) is 14.0. The van der Waals surface area contributed by atoms with E-state index < -0.39 is 23.9 Å². The van der Waals surface area contributed by atoms with Gasteiger partial charge >= 0.3 is 12.1 Å². The number of aromatic nitrogens is 2. The molecule has 9 heteroatoms. The summed E-state index contributed by atoms with van der Waals surface area (Å²) in [4.78, 5) is 14.4. The van der Waals surface area contributed by atoms with E-state index in [1.54, 1.807) is 0 Å². The highest BCUT2D eigenvalue weighted by atomic mass is 32.1. The summed E-state index contributed by atoms with van der Waals surface area (Å²) < 4.78 is 40.3. The van der Waals surface area contributed by atoms with Crippen LogP contribution in [-0.4, -0.2) is 26.5 Å². The molecule has 0 saturated heterocycles. The molecule has 1 aliphatic rings. The lowest BCUT2D eigenvalue weighted by molar-refractivity contribution is -0.144. The molecule has 1 fully saturated rings. The Morgan fingerprint density at radius 1 is 1.37 bits per heavy atom. The molecule has 2 unspecified atom stereocenters. The maximum atomic E-state index is 12.3. The van der Waals surface area contributed by atoms with Crippen molar-refractivity contribution >= 4 is 22.6 Å². The Bertz CT molecular complexity index is 463. The first kappa shape index (κ1) is 14.0. The minimum Gasteiger partial charge on any atom is -0.481 e. The number of nitrogens with one attached hydrogen (secondary N) is 1. The monoisotopic (exact) mass is 295 g/mol. The summed E-state index contributed by atoms with van der Waals surface area (Å²) in [7, 11) is 0. The molecule has 0 radical (unpaired) electrons. The number of carbonyl (C=O) groups is 1. The van der Waals surface area contributed by atoms with Crippen molar-refractivity contribution in [3.8, 4) is 0 Å². The fourth-order valence-electron chi connectivity index (χ4n) is 2.16. The fourth-order valence-corrected chi connectivity index (χ4v) is 2.80. The molecule has 0 bridgehead atoms. The molecule has 2 N–H and O–H groups in total. The number of nitrogens with zero attached hydrogens (tertiary/aromatic N) is 2. The standard InChI is InChI=1S/C10H12F3N3O2S/c11-10(12,13)8-15-9(19-16-8)14-6-4-2-1-3-5(6)7(17)18/h5-6H,1-4H2,(H,17,18)(H,14,15,16). The van der Waals surface area contributed by atoms with Gasteiger partial charge in [-0.15, -0.1) is 0 Å². The Kier molecular flexibility index (Phi) is 3.93. The summed E-state index contributed by atoms with van der Waals surface area (Å²) in [6.45, 7) is 0. The van der Waals surface area contributed by atoms with Crippen molar-refractivity contribution in [2.45, 2.75) is 37.9 Å². The third-order valence-corrected chi connectivity index (χ3v) is 3.72. The number of aliphatic carboxylic acids is 1. The molecule has 106 valence electrons. The Hall–Kier alpha value is -1.38. The zero-order valence-corrected chi connectivity index (χ0v) is 10.6. The van der Waals surface area contributed by atoms with Crippen LogP contribution in [-0.2, 0) is 11.0 Å². The summed E-state index contributed by atoms with van der Waals surface area (Å²) in [5.41, 5.74) is 0. The number of hydrogen-bond acceptors (Lipinski definition) is 5. The van der Waals surface area contributed by atoms with Crippen LogP contribution in [0.25, 0.3) is 0 Å². The first-order valence-electron chi connectivity index (χ1n) is 5.78. The van der Waals surface area contributed by atoms with Gasteiger partial charge in [0, 0.05) is 17.6 Å². The van der Waals surface area contributed by atoms with E-state index in [2.05, 4.69) is 14.7 Å². The molecule has 19 heavy (non-hydrogen) atoms. The molecule has 2 atom stereocenters. The molecule has 1 heterocycles. The molecule has 1 aliphatic carbocycles. The maximum Gasteiger partial charge on any atom is 0.452 e. The molecule has 1 saturated carbocycles. The largest absolute Gasteiger partial charge is 0.481 e. The number of hydrogen-bond donors (Lipinski definition) is 2. The highest BCUT2D eigenvalue weighted by Crippen LogP contribution is 2.31. The summed E-state index contributed by atoms with van der Waals surface area (Å²) >= 11 is 0.599. The van der Waals surface area contributed by atoms with Crippen LogP contribution in [0.3, 0.4) is 0 Å². The summed E-state index contributed by atoms with van der Waals surface area (Å²) in [6, 6.07) is -0.389. The lowest BCUT2D eigenvalue weighted by atomic mass is 9.85. The SMILES string of the molecule is O=C(O)C1CCCCC1Nc1nc(C(F)(F)F)ns1. The second kappa shape index (κ2) is 5.32. The third kappa shape index (κ3) is 3.34. The third-order valence-electron chi connectivity index (χ3n) is 3.07. The molecule has 0 aromatic carbocycles.